The first-order chi connectivity index (χ1) is 16.6. The van der Waals surface area contributed by atoms with E-state index in [1.807, 2.05) is 65.2 Å². The summed E-state index contributed by atoms with van der Waals surface area (Å²) in [5, 5.41) is 14.3. The number of fused-ring (bicyclic) bond motifs is 1. The van der Waals surface area contributed by atoms with Gasteiger partial charge in [-0.05, 0) is 29.8 Å². The summed E-state index contributed by atoms with van der Waals surface area (Å²) >= 11 is 0. The molecule has 0 aliphatic rings. The first kappa shape index (κ1) is 23.2. The van der Waals surface area contributed by atoms with Crippen LogP contribution in [0.5, 0.6) is 17.2 Å². The number of methoxy groups -OCH3 is 2. The molecular weight excluding hydrogens is 432 g/mol. The number of ether oxygens (including phenoxy) is 3. The molecule has 34 heavy (non-hydrogen) atoms. The van der Waals surface area contributed by atoms with Gasteiger partial charge < -0.3 is 29.2 Å². The summed E-state index contributed by atoms with van der Waals surface area (Å²) in [4.78, 5) is 13.1. The number of aliphatic hydroxyl groups is 1. The third-order valence-electron chi connectivity index (χ3n) is 5.53. The third-order valence-corrected chi connectivity index (χ3v) is 5.53. The Bertz CT molecular complexity index is 1230. The van der Waals surface area contributed by atoms with E-state index in [4.69, 9.17) is 14.2 Å². The Hall–Kier alpha value is -3.97. The molecule has 0 radical (unpaired) electrons. The van der Waals surface area contributed by atoms with Crippen LogP contribution in [0.2, 0.25) is 0 Å². The van der Waals surface area contributed by atoms with E-state index in [0.717, 1.165) is 16.5 Å². The predicted octanol–water partition coefficient (Wildman–Crippen LogP) is 3.88. The SMILES string of the molecule is COc1cccc(OC)c1OCC(O)CNC(=O)c1cc2ccccc2n1Cc1ccccc1. The molecule has 0 aliphatic heterocycles. The van der Waals surface area contributed by atoms with Crippen LogP contribution in [0.15, 0.2) is 78.9 Å². The van der Waals surface area contributed by atoms with Crippen molar-refractivity contribution < 1.29 is 24.1 Å². The van der Waals surface area contributed by atoms with Crippen LogP contribution in [-0.4, -0.2) is 49.1 Å². The zero-order valence-corrected chi connectivity index (χ0v) is 19.2. The van der Waals surface area contributed by atoms with Gasteiger partial charge in [0.15, 0.2) is 11.5 Å². The summed E-state index contributed by atoms with van der Waals surface area (Å²) in [5.41, 5.74) is 2.60. The summed E-state index contributed by atoms with van der Waals surface area (Å²) in [5.74, 6) is 1.14. The molecule has 0 fully saturated rings. The molecule has 0 aliphatic carbocycles. The molecular formula is C27H28N2O5. The first-order valence-corrected chi connectivity index (χ1v) is 11.0. The van der Waals surface area contributed by atoms with Gasteiger partial charge in [-0.15, -0.1) is 0 Å². The molecule has 0 spiro atoms. The van der Waals surface area contributed by atoms with E-state index >= 15 is 0 Å². The number of carbonyl (C=O) groups is 1. The molecule has 1 amide bonds. The molecule has 4 rings (SSSR count). The van der Waals surface area contributed by atoms with Crippen LogP contribution in [0.4, 0.5) is 0 Å². The van der Waals surface area contributed by atoms with Gasteiger partial charge in [0, 0.05) is 24.0 Å². The number of aromatic nitrogens is 1. The zero-order chi connectivity index (χ0) is 23.9. The quantitative estimate of drug-likeness (QED) is 0.375. The van der Waals surface area contributed by atoms with Crippen LogP contribution in [0.1, 0.15) is 16.1 Å². The number of hydrogen-bond donors (Lipinski definition) is 2. The van der Waals surface area contributed by atoms with E-state index in [1.54, 1.807) is 18.2 Å². The maximum Gasteiger partial charge on any atom is 0.268 e. The van der Waals surface area contributed by atoms with E-state index in [9.17, 15) is 9.90 Å². The fourth-order valence-corrected chi connectivity index (χ4v) is 3.83. The maximum absolute atomic E-state index is 13.1. The van der Waals surface area contributed by atoms with Crippen LogP contribution in [0, 0.1) is 0 Å². The highest BCUT2D eigenvalue weighted by Crippen LogP contribution is 2.36. The molecule has 1 heterocycles. The maximum atomic E-state index is 13.1. The molecule has 3 aromatic carbocycles. The lowest BCUT2D eigenvalue weighted by atomic mass is 10.2. The lowest BCUT2D eigenvalue weighted by Crippen LogP contribution is -2.36. The van der Waals surface area contributed by atoms with E-state index < -0.39 is 6.10 Å². The molecule has 7 heteroatoms. The second-order valence-corrected chi connectivity index (χ2v) is 7.83. The van der Waals surface area contributed by atoms with Crippen molar-refractivity contribution in [3.8, 4) is 17.2 Å². The Morgan fingerprint density at radius 1 is 0.941 bits per heavy atom. The number of amides is 1. The molecule has 0 bridgehead atoms. The second-order valence-electron chi connectivity index (χ2n) is 7.83. The summed E-state index contributed by atoms with van der Waals surface area (Å²) in [6, 6.07) is 25.0. The largest absolute Gasteiger partial charge is 0.493 e. The standard InChI is InChI=1S/C27H28N2O5/c1-32-24-13-8-14-25(33-2)26(24)34-18-21(30)16-28-27(31)23-15-20-11-6-7-12-22(20)29(23)17-19-9-4-3-5-10-19/h3-15,21,30H,16-18H2,1-2H3,(H,28,31). The van der Waals surface area contributed by atoms with Crippen LogP contribution < -0.4 is 19.5 Å². The van der Waals surface area contributed by atoms with Gasteiger partial charge in [0.2, 0.25) is 5.75 Å². The van der Waals surface area contributed by atoms with Crippen LogP contribution in [-0.2, 0) is 6.54 Å². The fraction of sp³-hybridized carbons (Fsp3) is 0.222. The Balaban J connectivity index is 1.44. The number of carbonyl (C=O) groups excluding carboxylic acids is 1. The lowest BCUT2D eigenvalue weighted by Gasteiger charge is -2.17. The Labute approximate surface area is 198 Å². The Kier molecular flexibility index (Phi) is 7.34. The molecule has 1 unspecified atom stereocenters. The lowest BCUT2D eigenvalue weighted by molar-refractivity contribution is 0.0827. The number of para-hydroxylation sites is 2. The van der Waals surface area contributed by atoms with Gasteiger partial charge in [-0.3, -0.25) is 4.79 Å². The Morgan fingerprint density at radius 3 is 2.32 bits per heavy atom. The predicted molar refractivity (Wildman–Crippen MR) is 131 cm³/mol. The fourth-order valence-electron chi connectivity index (χ4n) is 3.83. The number of nitrogens with zero attached hydrogens (tertiary/aromatic N) is 1. The van der Waals surface area contributed by atoms with E-state index in [-0.39, 0.29) is 19.1 Å². The minimum absolute atomic E-state index is 0.0309. The topological polar surface area (TPSA) is 82.0 Å². The van der Waals surface area contributed by atoms with E-state index in [2.05, 4.69) is 5.32 Å². The average molecular weight is 461 g/mol. The molecule has 176 valence electrons. The number of rotatable bonds is 10. The van der Waals surface area contributed by atoms with Gasteiger partial charge in [0.1, 0.15) is 18.4 Å². The molecule has 1 aromatic heterocycles. The molecule has 1 atom stereocenters. The number of benzene rings is 3. The van der Waals surface area contributed by atoms with Crippen molar-refractivity contribution >= 4 is 16.8 Å². The summed E-state index contributed by atoms with van der Waals surface area (Å²) in [6.45, 7) is 0.559. The van der Waals surface area contributed by atoms with Gasteiger partial charge in [-0.1, -0.05) is 54.6 Å². The average Bonchev–Trinajstić information content (AvgIpc) is 3.24. The first-order valence-electron chi connectivity index (χ1n) is 11.0. The Morgan fingerprint density at radius 2 is 1.62 bits per heavy atom. The smallest absolute Gasteiger partial charge is 0.268 e. The summed E-state index contributed by atoms with van der Waals surface area (Å²) in [6.07, 6.45) is -0.925. The van der Waals surface area contributed by atoms with E-state index in [1.165, 1.54) is 14.2 Å². The molecule has 4 aromatic rings. The summed E-state index contributed by atoms with van der Waals surface area (Å²) in [7, 11) is 3.07. The van der Waals surface area contributed by atoms with Crippen molar-refractivity contribution in [3.05, 3.63) is 90.1 Å². The minimum atomic E-state index is -0.925. The van der Waals surface area contributed by atoms with Crippen LogP contribution >= 0.6 is 0 Å². The van der Waals surface area contributed by atoms with Crippen LogP contribution in [0.25, 0.3) is 10.9 Å². The van der Waals surface area contributed by atoms with Crippen molar-refractivity contribution in [1.29, 1.82) is 0 Å². The molecule has 2 N–H and O–H groups in total. The van der Waals surface area contributed by atoms with Crippen molar-refractivity contribution in [2.45, 2.75) is 12.6 Å². The minimum Gasteiger partial charge on any atom is -0.493 e. The third kappa shape index (κ3) is 5.15. The highest BCUT2D eigenvalue weighted by Gasteiger charge is 2.18. The van der Waals surface area contributed by atoms with Gasteiger partial charge >= 0.3 is 0 Å². The van der Waals surface area contributed by atoms with Crippen molar-refractivity contribution in [2.24, 2.45) is 0 Å². The van der Waals surface area contributed by atoms with Gasteiger partial charge in [0.25, 0.3) is 5.91 Å². The second kappa shape index (κ2) is 10.8. The van der Waals surface area contributed by atoms with E-state index in [0.29, 0.717) is 29.5 Å². The normalized spacial score (nSPS) is 11.7. The molecule has 7 nitrogen and oxygen atoms in total. The molecule has 0 saturated carbocycles. The van der Waals surface area contributed by atoms with Gasteiger partial charge in [-0.25, -0.2) is 0 Å². The number of hydrogen-bond acceptors (Lipinski definition) is 5. The molecule has 0 saturated heterocycles. The van der Waals surface area contributed by atoms with Gasteiger partial charge in [0.05, 0.1) is 14.2 Å². The van der Waals surface area contributed by atoms with Gasteiger partial charge in [-0.2, -0.15) is 0 Å². The van der Waals surface area contributed by atoms with Crippen molar-refractivity contribution in [2.75, 3.05) is 27.4 Å². The monoisotopic (exact) mass is 460 g/mol. The van der Waals surface area contributed by atoms with Crippen molar-refractivity contribution in [3.63, 3.8) is 0 Å². The number of aliphatic hydroxyl groups excluding tert-OH is 1. The zero-order valence-electron chi connectivity index (χ0n) is 19.2. The number of nitrogens with one attached hydrogen (secondary N) is 1. The summed E-state index contributed by atoms with van der Waals surface area (Å²) < 4.78 is 18.3. The highest BCUT2D eigenvalue weighted by atomic mass is 16.5. The van der Waals surface area contributed by atoms with Crippen LogP contribution in [0.3, 0.4) is 0 Å². The van der Waals surface area contributed by atoms with Crippen molar-refractivity contribution in [1.82, 2.24) is 9.88 Å². The highest BCUT2D eigenvalue weighted by molar-refractivity contribution is 5.98.